The molecule has 2 aromatic rings. The first-order valence-corrected chi connectivity index (χ1v) is 11.6. The van der Waals surface area contributed by atoms with E-state index >= 15 is 0 Å². The minimum atomic E-state index is -0.759. The van der Waals surface area contributed by atoms with E-state index in [2.05, 4.69) is 43.8 Å². The number of nitrogens with one attached hydrogen (secondary N) is 1. The summed E-state index contributed by atoms with van der Waals surface area (Å²) in [6, 6.07) is 15.6. The van der Waals surface area contributed by atoms with Crippen LogP contribution >= 0.6 is 38.5 Å². The van der Waals surface area contributed by atoms with Gasteiger partial charge in [-0.1, -0.05) is 46.3 Å². The van der Waals surface area contributed by atoms with E-state index in [9.17, 15) is 9.59 Å². The van der Waals surface area contributed by atoms with Crippen molar-refractivity contribution >= 4 is 50.3 Å². The fraction of sp³-hybridized carbons (Fsp3) is 0.391. The van der Waals surface area contributed by atoms with Gasteiger partial charge in [0.15, 0.2) is 0 Å². The maximum atomic E-state index is 13.6. The molecular weight excluding hydrogens is 543 g/mol. The molecule has 154 valence electrons. The number of hydrogen-bond donors (Lipinski definition) is 1. The molecular formula is C23H26BrIN2O2. The quantitative estimate of drug-likeness (QED) is 0.488. The van der Waals surface area contributed by atoms with E-state index in [1.165, 1.54) is 0 Å². The van der Waals surface area contributed by atoms with Crippen LogP contribution in [-0.4, -0.2) is 34.3 Å². The van der Waals surface area contributed by atoms with Crippen molar-refractivity contribution in [3.05, 3.63) is 67.7 Å². The number of rotatable bonds is 6. The molecule has 0 spiro atoms. The standard InChI is InChI=1S/C23H26BrIN2O2/c1-22(2,3)26-21(29)23(13-14-23)27(15-12-16-8-4-6-10-18(16)24)20(28)17-9-5-7-11-19(17)25/h4-11H,12-15H2,1-3H3,(H,26,29). The first kappa shape index (κ1) is 22.3. The van der Waals surface area contributed by atoms with Gasteiger partial charge in [-0.2, -0.15) is 0 Å². The summed E-state index contributed by atoms with van der Waals surface area (Å²) in [6.45, 7) is 6.39. The second-order valence-electron chi connectivity index (χ2n) is 8.51. The molecule has 1 saturated carbocycles. The van der Waals surface area contributed by atoms with Gasteiger partial charge in [-0.25, -0.2) is 0 Å². The van der Waals surface area contributed by atoms with Crippen molar-refractivity contribution in [3.63, 3.8) is 0 Å². The van der Waals surface area contributed by atoms with Crippen LogP contribution in [-0.2, 0) is 11.2 Å². The summed E-state index contributed by atoms with van der Waals surface area (Å²) < 4.78 is 1.92. The number of benzene rings is 2. The lowest BCUT2D eigenvalue weighted by molar-refractivity contribution is -0.128. The molecule has 0 saturated heterocycles. The zero-order valence-corrected chi connectivity index (χ0v) is 20.7. The Bertz CT molecular complexity index is 919. The fourth-order valence-electron chi connectivity index (χ4n) is 3.42. The largest absolute Gasteiger partial charge is 0.349 e. The molecule has 1 aliphatic rings. The monoisotopic (exact) mass is 568 g/mol. The highest BCUT2D eigenvalue weighted by atomic mass is 127. The normalized spacial score (nSPS) is 14.9. The first-order chi connectivity index (χ1) is 13.6. The lowest BCUT2D eigenvalue weighted by Gasteiger charge is -2.34. The Morgan fingerprint density at radius 1 is 1.10 bits per heavy atom. The molecule has 6 heteroatoms. The summed E-state index contributed by atoms with van der Waals surface area (Å²) in [7, 11) is 0. The smallest absolute Gasteiger partial charge is 0.255 e. The lowest BCUT2D eigenvalue weighted by atomic mass is 10.0. The van der Waals surface area contributed by atoms with E-state index in [1.54, 1.807) is 4.90 Å². The Morgan fingerprint density at radius 3 is 2.31 bits per heavy atom. The van der Waals surface area contributed by atoms with E-state index in [1.807, 2.05) is 69.3 Å². The maximum Gasteiger partial charge on any atom is 0.255 e. The Hall–Kier alpha value is -1.41. The van der Waals surface area contributed by atoms with Crippen molar-refractivity contribution in [1.82, 2.24) is 10.2 Å². The number of halogens is 2. The van der Waals surface area contributed by atoms with E-state index in [-0.39, 0.29) is 17.4 Å². The minimum Gasteiger partial charge on any atom is -0.349 e. The predicted molar refractivity (Wildman–Crippen MR) is 128 cm³/mol. The topological polar surface area (TPSA) is 49.4 Å². The number of carbonyl (C=O) groups is 2. The van der Waals surface area contributed by atoms with E-state index in [4.69, 9.17) is 0 Å². The van der Waals surface area contributed by atoms with Crippen LogP contribution in [0.5, 0.6) is 0 Å². The second-order valence-corrected chi connectivity index (χ2v) is 10.5. The van der Waals surface area contributed by atoms with Crippen LogP contribution in [0.3, 0.4) is 0 Å². The zero-order chi connectivity index (χ0) is 21.2. The third-order valence-electron chi connectivity index (χ3n) is 5.06. The van der Waals surface area contributed by atoms with Crippen LogP contribution in [0.4, 0.5) is 0 Å². The molecule has 1 aliphatic carbocycles. The molecule has 2 aromatic carbocycles. The number of amides is 2. The molecule has 3 rings (SSSR count). The molecule has 2 amide bonds. The lowest BCUT2D eigenvalue weighted by Crippen LogP contribution is -2.56. The van der Waals surface area contributed by atoms with Gasteiger partial charge >= 0.3 is 0 Å². The summed E-state index contributed by atoms with van der Waals surface area (Å²) in [6.07, 6.45) is 2.07. The average Bonchev–Trinajstić information content (AvgIpc) is 3.44. The number of hydrogen-bond acceptors (Lipinski definition) is 2. The molecule has 0 aliphatic heterocycles. The second kappa shape index (κ2) is 8.76. The van der Waals surface area contributed by atoms with E-state index in [0.29, 0.717) is 31.4 Å². The minimum absolute atomic E-state index is 0.0589. The molecule has 29 heavy (non-hydrogen) atoms. The zero-order valence-electron chi connectivity index (χ0n) is 17.0. The van der Waals surface area contributed by atoms with Gasteiger partial charge in [-0.05, 0) is 86.4 Å². The highest BCUT2D eigenvalue weighted by molar-refractivity contribution is 14.1. The molecule has 0 aromatic heterocycles. The van der Waals surface area contributed by atoms with Crippen molar-refractivity contribution in [2.24, 2.45) is 0 Å². The first-order valence-electron chi connectivity index (χ1n) is 9.77. The van der Waals surface area contributed by atoms with Crippen molar-refractivity contribution in [2.45, 2.75) is 51.1 Å². The molecule has 0 heterocycles. The number of carbonyl (C=O) groups excluding carboxylic acids is 2. The fourth-order valence-corrected chi connectivity index (χ4v) is 4.52. The van der Waals surface area contributed by atoms with E-state index in [0.717, 1.165) is 13.6 Å². The van der Waals surface area contributed by atoms with Crippen molar-refractivity contribution in [1.29, 1.82) is 0 Å². The molecule has 1 fully saturated rings. The molecule has 0 atom stereocenters. The molecule has 4 nitrogen and oxygen atoms in total. The SMILES string of the molecule is CC(C)(C)NC(=O)C1(N(CCc2ccccc2Br)C(=O)c2ccccc2I)CC1. The Labute approximate surface area is 194 Å². The van der Waals surface area contributed by atoms with Gasteiger partial charge in [-0.3, -0.25) is 9.59 Å². The van der Waals surface area contributed by atoms with Crippen molar-refractivity contribution in [2.75, 3.05) is 6.54 Å². The highest BCUT2D eigenvalue weighted by Crippen LogP contribution is 2.43. The van der Waals surface area contributed by atoms with Gasteiger partial charge in [0.25, 0.3) is 5.91 Å². The van der Waals surface area contributed by atoms with Crippen LogP contribution in [0.15, 0.2) is 53.0 Å². The Morgan fingerprint density at radius 2 is 1.72 bits per heavy atom. The van der Waals surface area contributed by atoms with Gasteiger partial charge in [0.1, 0.15) is 5.54 Å². The Balaban J connectivity index is 1.91. The highest BCUT2D eigenvalue weighted by Gasteiger charge is 2.57. The summed E-state index contributed by atoms with van der Waals surface area (Å²) in [4.78, 5) is 28.5. The van der Waals surface area contributed by atoms with Crippen LogP contribution in [0.2, 0.25) is 0 Å². The maximum absolute atomic E-state index is 13.6. The van der Waals surface area contributed by atoms with Crippen LogP contribution in [0.25, 0.3) is 0 Å². The van der Waals surface area contributed by atoms with Gasteiger partial charge in [0.05, 0.1) is 5.56 Å². The molecule has 1 N–H and O–H groups in total. The van der Waals surface area contributed by atoms with Crippen LogP contribution in [0, 0.1) is 3.57 Å². The van der Waals surface area contributed by atoms with Gasteiger partial charge in [-0.15, -0.1) is 0 Å². The van der Waals surface area contributed by atoms with Gasteiger partial charge in [0, 0.05) is 20.1 Å². The summed E-state index contributed by atoms with van der Waals surface area (Å²) in [5, 5.41) is 3.09. The van der Waals surface area contributed by atoms with Crippen LogP contribution in [0.1, 0.15) is 49.5 Å². The van der Waals surface area contributed by atoms with Crippen LogP contribution < -0.4 is 5.32 Å². The third kappa shape index (κ3) is 5.20. The molecule has 0 unspecified atom stereocenters. The summed E-state index contributed by atoms with van der Waals surface area (Å²) >= 11 is 5.78. The average molecular weight is 569 g/mol. The van der Waals surface area contributed by atoms with Crippen molar-refractivity contribution < 1.29 is 9.59 Å². The Kier molecular flexibility index (Phi) is 6.73. The summed E-state index contributed by atoms with van der Waals surface area (Å²) in [5.74, 6) is -0.139. The van der Waals surface area contributed by atoms with E-state index < -0.39 is 5.54 Å². The predicted octanol–water partition coefficient (Wildman–Crippen LogP) is 5.19. The van der Waals surface area contributed by atoms with Crippen molar-refractivity contribution in [3.8, 4) is 0 Å². The third-order valence-corrected chi connectivity index (χ3v) is 6.78. The molecule has 0 bridgehead atoms. The molecule has 0 radical (unpaired) electrons. The summed E-state index contributed by atoms with van der Waals surface area (Å²) in [5.41, 5.74) is 0.672. The van der Waals surface area contributed by atoms with Gasteiger partial charge < -0.3 is 10.2 Å². The van der Waals surface area contributed by atoms with Gasteiger partial charge in [0.2, 0.25) is 5.91 Å². The number of nitrogens with zero attached hydrogens (tertiary/aromatic N) is 1.